The highest BCUT2D eigenvalue weighted by Gasteiger charge is 2.26. The van der Waals surface area contributed by atoms with Crippen molar-refractivity contribution in [3.8, 4) is 0 Å². The normalized spacial score (nSPS) is 14.7. The summed E-state index contributed by atoms with van der Waals surface area (Å²) in [6.45, 7) is 3.99. The quantitative estimate of drug-likeness (QED) is 0.926. The van der Waals surface area contributed by atoms with Gasteiger partial charge in [0.1, 0.15) is 0 Å². The van der Waals surface area contributed by atoms with Crippen LogP contribution in [0.25, 0.3) is 0 Å². The molecule has 0 spiro atoms. The largest absolute Gasteiger partial charge is 0.459 e. The molecule has 0 radical (unpaired) electrons. The summed E-state index contributed by atoms with van der Waals surface area (Å²) in [5.74, 6) is 0.205. The van der Waals surface area contributed by atoms with Crippen molar-refractivity contribution in [3.63, 3.8) is 0 Å². The molecule has 1 aliphatic heterocycles. The van der Waals surface area contributed by atoms with Gasteiger partial charge >= 0.3 is 6.03 Å². The number of urea groups is 1. The van der Waals surface area contributed by atoms with Gasteiger partial charge in [-0.3, -0.25) is 4.79 Å². The van der Waals surface area contributed by atoms with Crippen molar-refractivity contribution < 1.29 is 14.0 Å². The van der Waals surface area contributed by atoms with Crippen molar-refractivity contribution in [1.29, 1.82) is 0 Å². The van der Waals surface area contributed by atoms with Crippen LogP contribution in [0, 0.1) is 6.92 Å². The number of anilines is 1. The number of furan rings is 1. The standard InChI is InChI=1S/C17H19N3O3/c1-13-4-2-5-14(12-13)18-17(22)20-9-7-19(8-10-20)16(21)15-6-3-11-23-15/h2-6,11-12H,7-10H2,1H3,(H,18,22). The molecule has 0 aliphatic carbocycles. The van der Waals surface area contributed by atoms with Crippen molar-refractivity contribution in [2.75, 3.05) is 31.5 Å². The Morgan fingerprint density at radius 2 is 1.78 bits per heavy atom. The fourth-order valence-electron chi connectivity index (χ4n) is 2.59. The van der Waals surface area contributed by atoms with Crippen LogP contribution in [0.5, 0.6) is 0 Å². The number of carbonyl (C=O) groups excluding carboxylic acids is 2. The molecule has 1 aromatic heterocycles. The zero-order valence-electron chi connectivity index (χ0n) is 13.0. The lowest BCUT2D eigenvalue weighted by molar-refractivity contribution is 0.0640. The molecule has 1 aliphatic rings. The van der Waals surface area contributed by atoms with E-state index in [2.05, 4.69) is 5.32 Å². The van der Waals surface area contributed by atoms with Gasteiger partial charge in [0.2, 0.25) is 0 Å². The number of piperazine rings is 1. The molecule has 1 N–H and O–H groups in total. The monoisotopic (exact) mass is 313 g/mol. The predicted octanol–water partition coefficient (Wildman–Crippen LogP) is 2.58. The van der Waals surface area contributed by atoms with Gasteiger partial charge in [-0.15, -0.1) is 0 Å². The molecule has 6 nitrogen and oxygen atoms in total. The first-order valence-corrected chi connectivity index (χ1v) is 7.59. The van der Waals surface area contributed by atoms with Crippen LogP contribution in [-0.2, 0) is 0 Å². The van der Waals surface area contributed by atoms with E-state index in [0.29, 0.717) is 31.9 Å². The second-order valence-corrected chi connectivity index (χ2v) is 5.56. The van der Waals surface area contributed by atoms with E-state index in [9.17, 15) is 9.59 Å². The number of nitrogens with zero attached hydrogens (tertiary/aromatic N) is 2. The molecule has 1 saturated heterocycles. The summed E-state index contributed by atoms with van der Waals surface area (Å²) in [7, 11) is 0. The Morgan fingerprint density at radius 3 is 2.43 bits per heavy atom. The summed E-state index contributed by atoms with van der Waals surface area (Å²) in [4.78, 5) is 27.9. The lowest BCUT2D eigenvalue weighted by Crippen LogP contribution is -2.51. The van der Waals surface area contributed by atoms with E-state index >= 15 is 0 Å². The molecule has 0 bridgehead atoms. The van der Waals surface area contributed by atoms with E-state index in [1.165, 1.54) is 6.26 Å². The molecule has 120 valence electrons. The lowest BCUT2D eigenvalue weighted by atomic mass is 10.2. The Kier molecular flexibility index (Phi) is 4.32. The highest BCUT2D eigenvalue weighted by Crippen LogP contribution is 2.13. The van der Waals surface area contributed by atoms with Crippen LogP contribution in [0.2, 0.25) is 0 Å². The summed E-state index contributed by atoms with van der Waals surface area (Å²) >= 11 is 0. The van der Waals surface area contributed by atoms with Crippen LogP contribution in [0.15, 0.2) is 47.1 Å². The average Bonchev–Trinajstić information content (AvgIpc) is 3.09. The fourth-order valence-corrected chi connectivity index (χ4v) is 2.59. The molecule has 23 heavy (non-hydrogen) atoms. The SMILES string of the molecule is Cc1cccc(NC(=O)N2CCN(C(=O)c3ccco3)CC2)c1. The van der Waals surface area contributed by atoms with Crippen molar-refractivity contribution in [1.82, 2.24) is 9.80 Å². The maximum absolute atomic E-state index is 12.3. The Hall–Kier alpha value is -2.76. The summed E-state index contributed by atoms with van der Waals surface area (Å²) in [5.41, 5.74) is 1.88. The van der Waals surface area contributed by atoms with E-state index in [1.807, 2.05) is 31.2 Å². The minimum absolute atomic E-state index is 0.131. The minimum atomic E-state index is -0.138. The Labute approximate surface area is 134 Å². The maximum atomic E-state index is 12.3. The third-order valence-corrected chi connectivity index (χ3v) is 3.86. The van der Waals surface area contributed by atoms with Gasteiger partial charge in [0.15, 0.2) is 5.76 Å². The Morgan fingerprint density at radius 1 is 1.04 bits per heavy atom. The van der Waals surface area contributed by atoms with Gasteiger partial charge in [-0.05, 0) is 36.8 Å². The van der Waals surface area contributed by atoms with Gasteiger partial charge in [-0.1, -0.05) is 12.1 Å². The fraction of sp³-hybridized carbons (Fsp3) is 0.294. The molecule has 3 amide bonds. The molecular formula is C17H19N3O3. The van der Waals surface area contributed by atoms with Crippen LogP contribution in [0.4, 0.5) is 10.5 Å². The van der Waals surface area contributed by atoms with E-state index in [1.54, 1.807) is 21.9 Å². The van der Waals surface area contributed by atoms with E-state index in [4.69, 9.17) is 4.42 Å². The smallest absolute Gasteiger partial charge is 0.321 e. The van der Waals surface area contributed by atoms with E-state index < -0.39 is 0 Å². The molecule has 1 fully saturated rings. The van der Waals surface area contributed by atoms with Crippen LogP contribution in [-0.4, -0.2) is 47.9 Å². The highest BCUT2D eigenvalue weighted by atomic mass is 16.3. The summed E-state index contributed by atoms with van der Waals surface area (Å²) in [6, 6.07) is 10.9. The van der Waals surface area contributed by atoms with Gasteiger partial charge in [0.05, 0.1) is 6.26 Å². The predicted molar refractivity (Wildman–Crippen MR) is 86.4 cm³/mol. The molecule has 0 atom stereocenters. The second-order valence-electron chi connectivity index (χ2n) is 5.56. The first kappa shape index (κ1) is 15.1. The molecule has 1 aromatic carbocycles. The van der Waals surface area contributed by atoms with E-state index in [0.717, 1.165) is 11.3 Å². The molecule has 0 unspecified atom stereocenters. The van der Waals surface area contributed by atoms with Gasteiger partial charge in [-0.25, -0.2) is 4.79 Å². The summed E-state index contributed by atoms with van der Waals surface area (Å²) < 4.78 is 5.13. The Bertz CT molecular complexity index is 689. The molecule has 2 heterocycles. The maximum Gasteiger partial charge on any atom is 0.321 e. The number of carbonyl (C=O) groups is 2. The number of benzene rings is 1. The summed E-state index contributed by atoms with van der Waals surface area (Å²) in [5, 5.41) is 2.89. The first-order chi connectivity index (χ1) is 11.1. The third-order valence-electron chi connectivity index (χ3n) is 3.86. The second kappa shape index (κ2) is 6.56. The molecule has 2 aromatic rings. The summed E-state index contributed by atoms with van der Waals surface area (Å²) in [6.07, 6.45) is 1.48. The van der Waals surface area contributed by atoms with Gasteiger partial charge in [-0.2, -0.15) is 0 Å². The average molecular weight is 313 g/mol. The molecule has 6 heteroatoms. The number of hydrogen-bond acceptors (Lipinski definition) is 3. The minimum Gasteiger partial charge on any atom is -0.459 e. The van der Waals surface area contributed by atoms with Gasteiger partial charge in [0, 0.05) is 31.9 Å². The highest BCUT2D eigenvalue weighted by molar-refractivity contribution is 5.92. The van der Waals surface area contributed by atoms with Crippen molar-refractivity contribution >= 4 is 17.6 Å². The first-order valence-electron chi connectivity index (χ1n) is 7.59. The van der Waals surface area contributed by atoms with Crippen molar-refractivity contribution in [2.24, 2.45) is 0 Å². The molecule has 3 rings (SSSR count). The third kappa shape index (κ3) is 3.53. The van der Waals surface area contributed by atoms with Crippen molar-refractivity contribution in [3.05, 3.63) is 54.0 Å². The number of hydrogen-bond donors (Lipinski definition) is 1. The topological polar surface area (TPSA) is 65.8 Å². The van der Waals surface area contributed by atoms with Crippen LogP contribution in [0.3, 0.4) is 0 Å². The Balaban J connectivity index is 1.54. The number of amides is 3. The van der Waals surface area contributed by atoms with Crippen LogP contribution in [0.1, 0.15) is 16.1 Å². The lowest BCUT2D eigenvalue weighted by Gasteiger charge is -2.34. The van der Waals surface area contributed by atoms with Crippen molar-refractivity contribution in [2.45, 2.75) is 6.92 Å². The van der Waals surface area contributed by atoms with Gasteiger partial charge in [0.25, 0.3) is 5.91 Å². The number of rotatable bonds is 2. The number of nitrogens with one attached hydrogen (secondary N) is 1. The van der Waals surface area contributed by atoms with Gasteiger partial charge < -0.3 is 19.5 Å². The zero-order valence-corrected chi connectivity index (χ0v) is 13.0. The van der Waals surface area contributed by atoms with E-state index in [-0.39, 0.29) is 11.9 Å². The van der Waals surface area contributed by atoms with Crippen LogP contribution >= 0.6 is 0 Å². The molecule has 0 saturated carbocycles. The zero-order chi connectivity index (χ0) is 16.2. The van der Waals surface area contributed by atoms with Crippen LogP contribution < -0.4 is 5.32 Å². The number of aryl methyl sites for hydroxylation is 1. The molecular weight excluding hydrogens is 294 g/mol.